The maximum atomic E-state index is 12.2. The maximum absolute atomic E-state index is 12.2. The molecule has 0 unspecified atom stereocenters. The summed E-state index contributed by atoms with van der Waals surface area (Å²) in [5, 5.41) is 0. The Hall–Kier alpha value is -1.89. The van der Waals surface area contributed by atoms with Crippen LogP contribution in [0.2, 0.25) is 0 Å². The molecule has 0 saturated heterocycles. The highest BCUT2D eigenvalue weighted by Crippen LogP contribution is 2.14. The molecule has 5 heteroatoms. The number of carbonyl (C=O) groups excluding carboxylic acids is 2. The minimum Gasteiger partial charge on any atom is -0.452 e. The van der Waals surface area contributed by atoms with Gasteiger partial charge in [-0.05, 0) is 59.7 Å². The lowest BCUT2D eigenvalue weighted by atomic mass is 10.1. The number of aryl methyl sites for hydroxylation is 2. The van der Waals surface area contributed by atoms with E-state index >= 15 is 0 Å². The summed E-state index contributed by atoms with van der Waals surface area (Å²) in [5.74, 6) is -0.706. The van der Waals surface area contributed by atoms with Crippen molar-refractivity contribution in [3.05, 3.63) is 68.3 Å². The summed E-state index contributed by atoms with van der Waals surface area (Å²) >= 11 is 2.07. The van der Waals surface area contributed by atoms with Crippen LogP contribution in [0.4, 0.5) is 0 Å². The van der Waals surface area contributed by atoms with E-state index < -0.39 is 5.97 Å². The van der Waals surface area contributed by atoms with Gasteiger partial charge in [0.25, 0.3) is 5.91 Å². The lowest BCUT2D eigenvalue weighted by Crippen LogP contribution is -2.31. The van der Waals surface area contributed by atoms with Gasteiger partial charge >= 0.3 is 5.97 Å². The zero-order valence-corrected chi connectivity index (χ0v) is 16.2. The predicted molar refractivity (Wildman–Crippen MR) is 102 cm³/mol. The second kappa shape index (κ2) is 8.28. The molecular weight excluding hydrogens is 417 g/mol. The zero-order chi connectivity index (χ0) is 17.7. The third-order valence-electron chi connectivity index (χ3n) is 3.75. The molecule has 0 N–H and O–H groups in total. The topological polar surface area (TPSA) is 46.6 Å². The normalized spacial score (nSPS) is 10.3. The van der Waals surface area contributed by atoms with Crippen LogP contribution >= 0.6 is 22.6 Å². The number of amides is 1. The Morgan fingerprint density at radius 2 is 1.83 bits per heavy atom. The van der Waals surface area contributed by atoms with Crippen molar-refractivity contribution < 1.29 is 14.3 Å². The minimum atomic E-state index is -0.478. The van der Waals surface area contributed by atoms with Gasteiger partial charge in [0.05, 0.1) is 5.56 Å². The fourth-order valence-electron chi connectivity index (χ4n) is 2.31. The van der Waals surface area contributed by atoms with Gasteiger partial charge in [-0.1, -0.05) is 35.9 Å². The van der Waals surface area contributed by atoms with Gasteiger partial charge in [-0.25, -0.2) is 4.79 Å². The Morgan fingerprint density at radius 1 is 1.12 bits per heavy atom. The summed E-state index contributed by atoms with van der Waals surface area (Å²) in [6.45, 7) is 4.30. The molecule has 24 heavy (non-hydrogen) atoms. The molecule has 0 bridgehead atoms. The lowest BCUT2D eigenvalue weighted by Gasteiger charge is -2.19. The number of ether oxygens (including phenoxy) is 1. The van der Waals surface area contributed by atoms with E-state index in [0.717, 1.165) is 14.7 Å². The third kappa shape index (κ3) is 4.80. The molecule has 2 rings (SSSR count). The monoisotopic (exact) mass is 437 g/mol. The quantitative estimate of drug-likeness (QED) is 0.529. The van der Waals surface area contributed by atoms with Gasteiger partial charge in [-0.15, -0.1) is 0 Å². The first-order valence-electron chi connectivity index (χ1n) is 7.60. The summed E-state index contributed by atoms with van der Waals surface area (Å²) in [5.41, 5.74) is 3.89. The number of halogens is 1. The molecule has 0 aliphatic heterocycles. The van der Waals surface area contributed by atoms with E-state index in [1.807, 2.05) is 38.1 Å². The number of hydrogen-bond acceptors (Lipinski definition) is 3. The van der Waals surface area contributed by atoms with E-state index in [0.29, 0.717) is 12.1 Å². The highest BCUT2D eigenvalue weighted by Gasteiger charge is 2.16. The van der Waals surface area contributed by atoms with Crippen LogP contribution in [-0.2, 0) is 16.1 Å². The van der Waals surface area contributed by atoms with E-state index in [9.17, 15) is 9.59 Å². The first-order chi connectivity index (χ1) is 11.4. The van der Waals surface area contributed by atoms with Gasteiger partial charge in [0.15, 0.2) is 6.61 Å². The molecular formula is C19H20INO3. The molecule has 0 fully saturated rings. The molecule has 0 aromatic heterocycles. The predicted octanol–water partition coefficient (Wildman–Crippen LogP) is 3.72. The molecule has 4 nitrogen and oxygen atoms in total. The number of likely N-dealkylation sites (N-methyl/N-ethyl adjacent to an activating group) is 1. The number of nitrogens with zero attached hydrogens (tertiary/aromatic N) is 1. The fraction of sp³-hybridized carbons (Fsp3) is 0.263. The van der Waals surface area contributed by atoms with Crippen molar-refractivity contribution in [3.8, 4) is 0 Å². The van der Waals surface area contributed by atoms with Crippen molar-refractivity contribution in [2.75, 3.05) is 13.7 Å². The van der Waals surface area contributed by atoms with Gasteiger partial charge in [0.2, 0.25) is 0 Å². The highest BCUT2D eigenvalue weighted by atomic mass is 127. The average molecular weight is 437 g/mol. The Bertz CT molecular complexity index is 758. The lowest BCUT2D eigenvalue weighted by molar-refractivity contribution is -0.133. The van der Waals surface area contributed by atoms with Crippen molar-refractivity contribution in [2.45, 2.75) is 20.4 Å². The highest BCUT2D eigenvalue weighted by molar-refractivity contribution is 14.1. The molecule has 0 spiro atoms. The van der Waals surface area contributed by atoms with Crippen LogP contribution in [0.3, 0.4) is 0 Å². The number of esters is 1. The summed E-state index contributed by atoms with van der Waals surface area (Å²) in [6, 6.07) is 13.3. The van der Waals surface area contributed by atoms with Crippen LogP contribution in [0.5, 0.6) is 0 Å². The zero-order valence-electron chi connectivity index (χ0n) is 14.0. The van der Waals surface area contributed by atoms with E-state index in [2.05, 4.69) is 28.7 Å². The van der Waals surface area contributed by atoms with Crippen molar-refractivity contribution in [3.63, 3.8) is 0 Å². The molecule has 126 valence electrons. The molecule has 0 aliphatic carbocycles. The molecule has 0 aliphatic rings. The van der Waals surface area contributed by atoms with E-state index in [1.165, 1.54) is 5.56 Å². The standard InChI is InChI=1S/C19H20INO3/c1-13-8-9-15(14(2)10-13)11-21(3)18(22)12-24-19(23)16-6-4-5-7-17(16)20/h4-10H,11-12H2,1-3H3. The van der Waals surface area contributed by atoms with Crippen LogP contribution in [-0.4, -0.2) is 30.4 Å². The van der Waals surface area contributed by atoms with Crippen molar-refractivity contribution in [1.29, 1.82) is 0 Å². The average Bonchev–Trinajstić information content (AvgIpc) is 2.55. The van der Waals surface area contributed by atoms with Gasteiger partial charge in [-0.2, -0.15) is 0 Å². The second-order valence-corrected chi connectivity index (χ2v) is 6.90. The summed E-state index contributed by atoms with van der Waals surface area (Å²) in [7, 11) is 1.71. The molecule has 0 saturated carbocycles. The summed E-state index contributed by atoms with van der Waals surface area (Å²) in [4.78, 5) is 25.8. The van der Waals surface area contributed by atoms with Crippen LogP contribution in [0.25, 0.3) is 0 Å². The third-order valence-corrected chi connectivity index (χ3v) is 4.69. The first-order valence-corrected chi connectivity index (χ1v) is 8.68. The Balaban J connectivity index is 1.92. The Kier molecular flexibility index (Phi) is 6.36. The smallest absolute Gasteiger partial charge is 0.339 e. The second-order valence-electron chi connectivity index (χ2n) is 5.74. The largest absolute Gasteiger partial charge is 0.452 e. The van der Waals surface area contributed by atoms with Crippen LogP contribution in [0.15, 0.2) is 42.5 Å². The fourth-order valence-corrected chi connectivity index (χ4v) is 2.92. The van der Waals surface area contributed by atoms with Crippen molar-refractivity contribution in [2.24, 2.45) is 0 Å². The van der Waals surface area contributed by atoms with Gasteiger partial charge < -0.3 is 9.64 Å². The van der Waals surface area contributed by atoms with Gasteiger partial charge in [-0.3, -0.25) is 4.79 Å². The minimum absolute atomic E-state index is 0.228. The van der Waals surface area contributed by atoms with Crippen LogP contribution < -0.4 is 0 Å². The number of rotatable bonds is 5. The SMILES string of the molecule is Cc1ccc(CN(C)C(=O)COC(=O)c2ccccc2I)c(C)c1. The number of hydrogen-bond donors (Lipinski definition) is 0. The molecule has 0 heterocycles. The molecule has 2 aromatic rings. The Morgan fingerprint density at radius 3 is 2.50 bits per heavy atom. The van der Waals surface area contributed by atoms with Gasteiger partial charge in [0, 0.05) is 17.2 Å². The van der Waals surface area contributed by atoms with Crippen molar-refractivity contribution in [1.82, 2.24) is 4.90 Å². The molecule has 0 radical (unpaired) electrons. The molecule has 2 aromatic carbocycles. The number of carbonyl (C=O) groups is 2. The van der Waals surface area contributed by atoms with Crippen molar-refractivity contribution >= 4 is 34.5 Å². The molecule has 1 amide bonds. The van der Waals surface area contributed by atoms with E-state index in [-0.39, 0.29) is 12.5 Å². The first kappa shape index (κ1) is 18.4. The Labute approximate surface area is 156 Å². The van der Waals surface area contributed by atoms with E-state index in [4.69, 9.17) is 4.74 Å². The summed E-state index contributed by atoms with van der Waals surface area (Å²) < 4.78 is 5.95. The number of benzene rings is 2. The van der Waals surface area contributed by atoms with E-state index in [1.54, 1.807) is 24.1 Å². The molecule has 0 atom stereocenters. The van der Waals surface area contributed by atoms with Crippen LogP contribution in [0.1, 0.15) is 27.0 Å². The van der Waals surface area contributed by atoms with Crippen LogP contribution in [0, 0.1) is 17.4 Å². The van der Waals surface area contributed by atoms with Gasteiger partial charge in [0.1, 0.15) is 0 Å². The summed E-state index contributed by atoms with van der Waals surface area (Å²) in [6.07, 6.45) is 0. The maximum Gasteiger partial charge on any atom is 0.339 e.